The van der Waals surface area contributed by atoms with Crippen molar-refractivity contribution >= 4 is 21.9 Å². The number of rotatable bonds is 7. The van der Waals surface area contributed by atoms with E-state index in [0.717, 1.165) is 11.3 Å². The van der Waals surface area contributed by atoms with Crippen LogP contribution in [0.2, 0.25) is 0 Å². The second-order valence-electron chi connectivity index (χ2n) is 7.87. The minimum atomic E-state index is -3.67. The summed E-state index contributed by atoms with van der Waals surface area (Å²) < 4.78 is 38.4. The van der Waals surface area contributed by atoms with Crippen LogP contribution in [0.1, 0.15) is 25.3 Å². The molecular weight excluding hydrogens is 444 g/mol. The highest BCUT2D eigenvalue weighted by Crippen LogP contribution is 2.26. The molecule has 0 spiro atoms. The zero-order valence-electron chi connectivity index (χ0n) is 18.5. The minimum absolute atomic E-state index is 0.0256. The van der Waals surface area contributed by atoms with Crippen LogP contribution in [-0.4, -0.2) is 48.5 Å². The number of anilines is 1. The lowest BCUT2D eigenvalue weighted by Crippen LogP contribution is -2.43. The highest BCUT2D eigenvalue weighted by Gasteiger charge is 2.33. The SMILES string of the molecule is CCOc1ccc(-c2nnc(NC(=O)C3CCCN(S(=O)(=O)c4ccc(C)cc4)C3)o2)cc1. The lowest BCUT2D eigenvalue weighted by Gasteiger charge is -2.30. The number of sulfonamides is 1. The maximum absolute atomic E-state index is 13.0. The van der Waals surface area contributed by atoms with Crippen molar-refractivity contribution in [3.63, 3.8) is 0 Å². The zero-order valence-corrected chi connectivity index (χ0v) is 19.3. The Morgan fingerprint density at radius 2 is 1.88 bits per heavy atom. The van der Waals surface area contributed by atoms with Gasteiger partial charge in [0.15, 0.2) is 0 Å². The van der Waals surface area contributed by atoms with Crippen molar-refractivity contribution in [1.82, 2.24) is 14.5 Å². The molecule has 1 aromatic heterocycles. The number of nitrogens with one attached hydrogen (secondary N) is 1. The first-order chi connectivity index (χ1) is 15.9. The fourth-order valence-electron chi connectivity index (χ4n) is 3.69. The highest BCUT2D eigenvalue weighted by molar-refractivity contribution is 7.89. The van der Waals surface area contributed by atoms with Crippen LogP contribution >= 0.6 is 0 Å². The molecule has 1 N–H and O–H groups in total. The van der Waals surface area contributed by atoms with E-state index < -0.39 is 15.9 Å². The number of hydrogen-bond donors (Lipinski definition) is 1. The molecule has 0 saturated carbocycles. The van der Waals surface area contributed by atoms with Crippen LogP contribution in [0, 0.1) is 12.8 Å². The van der Waals surface area contributed by atoms with Gasteiger partial charge in [-0.1, -0.05) is 22.8 Å². The van der Waals surface area contributed by atoms with E-state index in [1.54, 1.807) is 48.5 Å². The summed E-state index contributed by atoms with van der Waals surface area (Å²) in [5.74, 6) is 0.137. The fraction of sp³-hybridized carbons (Fsp3) is 0.348. The number of piperidine rings is 1. The van der Waals surface area contributed by atoms with Gasteiger partial charge in [0.25, 0.3) is 0 Å². The molecule has 0 radical (unpaired) electrons. The van der Waals surface area contributed by atoms with Gasteiger partial charge in [0, 0.05) is 18.7 Å². The number of aromatic nitrogens is 2. The normalized spacial score (nSPS) is 17.0. The largest absolute Gasteiger partial charge is 0.494 e. The van der Waals surface area contributed by atoms with E-state index in [2.05, 4.69) is 15.5 Å². The first kappa shape index (κ1) is 22.9. The Balaban J connectivity index is 1.41. The molecule has 1 amide bonds. The van der Waals surface area contributed by atoms with Crippen molar-refractivity contribution in [3.8, 4) is 17.2 Å². The second-order valence-corrected chi connectivity index (χ2v) is 9.81. The van der Waals surface area contributed by atoms with Crippen LogP contribution in [0.3, 0.4) is 0 Å². The molecule has 33 heavy (non-hydrogen) atoms. The molecular formula is C23H26N4O5S. The summed E-state index contributed by atoms with van der Waals surface area (Å²) in [6.45, 7) is 4.85. The molecule has 3 aromatic rings. The molecule has 4 rings (SSSR count). The van der Waals surface area contributed by atoms with Gasteiger partial charge < -0.3 is 9.15 Å². The Hall–Kier alpha value is -3.24. The second kappa shape index (κ2) is 9.72. The predicted octanol–water partition coefficient (Wildman–Crippen LogP) is 3.48. The molecule has 2 heterocycles. The summed E-state index contributed by atoms with van der Waals surface area (Å²) >= 11 is 0. The van der Waals surface area contributed by atoms with Gasteiger partial charge in [0.1, 0.15) is 5.75 Å². The van der Waals surface area contributed by atoms with E-state index in [4.69, 9.17) is 9.15 Å². The number of benzene rings is 2. The summed E-state index contributed by atoms with van der Waals surface area (Å²) in [5, 5.41) is 10.5. The van der Waals surface area contributed by atoms with E-state index in [0.29, 0.717) is 31.6 Å². The van der Waals surface area contributed by atoms with Crippen LogP contribution in [0.15, 0.2) is 57.8 Å². The van der Waals surface area contributed by atoms with E-state index in [1.165, 1.54) is 4.31 Å². The molecule has 1 aliphatic heterocycles. The number of carbonyl (C=O) groups excluding carboxylic acids is 1. The molecule has 0 aliphatic carbocycles. The van der Waals surface area contributed by atoms with Gasteiger partial charge in [0.05, 0.1) is 17.4 Å². The number of ether oxygens (including phenoxy) is 1. The van der Waals surface area contributed by atoms with E-state index >= 15 is 0 Å². The van der Waals surface area contributed by atoms with Crippen molar-refractivity contribution in [3.05, 3.63) is 54.1 Å². The fourth-order valence-corrected chi connectivity index (χ4v) is 5.22. The molecule has 0 bridgehead atoms. The molecule has 10 heteroatoms. The Morgan fingerprint density at radius 3 is 2.58 bits per heavy atom. The van der Waals surface area contributed by atoms with Crippen molar-refractivity contribution < 1.29 is 22.4 Å². The van der Waals surface area contributed by atoms with Gasteiger partial charge >= 0.3 is 6.01 Å². The Bertz CT molecular complexity index is 1210. The Morgan fingerprint density at radius 1 is 1.15 bits per heavy atom. The number of nitrogens with zero attached hydrogens (tertiary/aromatic N) is 3. The van der Waals surface area contributed by atoms with Crippen LogP contribution in [-0.2, 0) is 14.8 Å². The molecule has 1 aliphatic rings. The van der Waals surface area contributed by atoms with Crippen molar-refractivity contribution in [2.24, 2.45) is 5.92 Å². The zero-order chi connectivity index (χ0) is 23.4. The molecule has 9 nitrogen and oxygen atoms in total. The standard InChI is InChI=1S/C23H26N4O5S/c1-3-31-19-10-8-17(9-11-19)22-25-26-23(32-22)24-21(28)18-5-4-14-27(15-18)33(29,30)20-12-6-16(2)7-13-20/h6-13,18H,3-5,14-15H2,1-2H3,(H,24,26,28). The van der Waals surface area contributed by atoms with Crippen LogP contribution in [0.5, 0.6) is 5.75 Å². The van der Waals surface area contributed by atoms with Gasteiger partial charge in [-0.15, -0.1) is 5.10 Å². The average molecular weight is 471 g/mol. The molecule has 1 fully saturated rings. The van der Waals surface area contributed by atoms with Crippen LogP contribution < -0.4 is 10.1 Å². The van der Waals surface area contributed by atoms with Crippen molar-refractivity contribution in [1.29, 1.82) is 0 Å². The minimum Gasteiger partial charge on any atom is -0.494 e. The quantitative estimate of drug-likeness (QED) is 0.562. The topological polar surface area (TPSA) is 115 Å². The molecule has 174 valence electrons. The molecule has 1 saturated heterocycles. The highest BCUT2D eigenvalue weighted by atomic mass is 32.2. The van der Waals surface area contributed by atoms with E-state index in [1.807, 2.05) is 13.8 Å². The van der Waals surface area contributed by atoms with Crippen molar-refractivity contribution in [2.45, 2.75) is 31.6 Å². The summed E-state index contributed by atoms with van der Waals surface area (Å²) in [4.78, 5) is 13.0. The maximum atomic E-state index is 13.0. The summed E-state index contributed by atoms with van der Waals surface area (Å²) in [7, 11) is -3.67. The van der Waals surface area contributed by atoms with Crippen molar-refractivity contribution in [2.75, 3.05) is 25.0 Å². The van der Waals surface area contributed by atoms with Gasteiger partial charge in [-0.2, -0.15) is 4.31 Å². The average Bonchev–Trinajstić information content (AvgIpc) is 3.28. The summed E-state index contributed by atoms with van der Waals surface area (Å²) in [5.41, 5.74) is 1.67. The molecule has 1 unspecified atom stereocenters. The Kier molecular flexibility index (Phi) is 6.75. The molecule has 2 aromatic carbocycles. The van der Waals surface area contributed by atoms with Crippen LogP contribution in [0.25, 0.3) is 11.5 Å². The summed E-state index contributed by atoms with van der Waals surface area (Å²) in [6.07, 6.45) is 1.16. The molecule has 1 atom stereocenters. The lowest BCUT2D eigenvalue weighted by molar-refractivity contribution is -0.121. The first-order valence-corrected chi connectivity index (χ1v) is 12.2. The van der Waals surface area contributed by atoms with Gasteiger partial charge in [-0.3, -0.25) is 10.1 Å². The smallest absolute Gasteiger partial charge is 0.322 e. The van der Waals surface area contributed by atoms with E-state index in [-0.39, 0.29) is 29.3 Å². The Labute approximate surface area is 192 Å². The number of hydrogen-bond acceptors (Lipinski definition) is 7. The van der Waals surface area contributed by atoms with E-state index in [9.17, 15) is 13.2 Å². The lowest BCUT2D eigenvalue weighted by atomic mass is 9.99. The predicted molar refractivity (Wildman–Crippen MR) is 122 cm³/mol. The van der Waals surface area contributed by atoms with Crippen LogP contribution in [0.4, 0.5) is 6.01 Å². The maximum Gasteiger partial charge on any atom is 0.322 e. The van der Waals surface area contributed by atoms with Gasteiger partial charge in [-0.25, -0.2) is 8.42 Å². The van der Waals surface area contributed by atoms with Gasteiger partial charge in [0.2, 0.25) is 21.8 Å². The third kappa shape index (κ3) is 5.23. The van der Waals surface area contributed by atoms with Gasteiger partial charge in [-0.05, 0) is 63.1 Å². The number of carbonyl (C=O) groups is 1. The number of amides is 1. The third-order valence-corrected chi connectivity index (χ3v) is 7.36. The number of aryl methyl sites for hydroxylation is 1. The summed E-state index contributed by atoms with van der Waals surface area (Å²) in [6, 6.07) is 13.9. The first-order valence-electron chi connectivity index (χ1n) is 10.8. The third-order valence-electron chi connectivity index (χ3n) is 5.48. The monoisotopic (exact) mass is 470 g/mol.